The van der Waals surface area contributed by atoms with Crippen molar-refractivity contribution in [1.29, 1.82) is 0 Å². The van der Waals surface area contributed by atoms with Crippen molar-refractivity contribution < 1.29 is 9.59 Å². The first-order valence-corrected chi connectivity index (χ1v) is 6.10. The first-order chi connectivity index (χ1) is 7.94. The maximum atomic E-state index is 12.3. The highest BCUT2D eigenvalue weighted by Crippen LogP contribution is 2.30. The van der Waals surface area contributed by atoms with E-state index in [9.17, 15) is 9.59 Å². The zero-order valence-electron chi connectivity index (χ0n) is 11.0. The summed E-state index contributed by atoms with van der Waals surface area (Å²) in [5, 5.41) is 0. The van der Waals surface area contributed by atoms with Gasteiger partial charge in [-0.2, -0.15) is 0 Å². The van der Waals surface area contributed by atoms with Gasteiger partial charge >= 0.3 is 0 Å². The molecule has 17 heavy (non-hydrogen) atoms. The van der Waals surface area contributed by atoms with E-state index in [1.165, 1.54) is 6.92 Å². The van der Waals surface area contributed by atoms with E-state index in [4.69, 9.17) is 0 Å². The van der Waals surface area contributed by atoms with E-state index in [1.54, 1.807) is 24.3 Å². The second kappa shape index (κ2) is 5.26. The Morgan fingerprint density at radius 2 is 1.41 bits per heavy atom. The van der Waals surface area contributed by atoms with Gasteiger partial charge in [0.15, 0.2) is 11.6 Å². The first kappa shape index (κ1) is 13.6. The van der Waals surface area contributed by atoms with Crippen molar-refractivity contribution >= 4 is 11.6 Å². The second-order valence-electron chi connectivity index (χ2n) is 4.73. The maximum Gasteiger partial charge on any atom is 0.168 e. The number of hydrogen-bond acceptors (Lipinski definition) is 2. The molecule has 0 atom stereocenters. The van der Waals surface area contributed by atoms with Crippen LogP contribution >= 0.6 is 0 Å². The van der Waals surface area contributed by atoms with E-state index >= 15 is 0 Å². The van der Waals surface area contributed by atoms with Gasteiger partial charge in [0.05, 0.1) is 0 Å². The van der Waals surface area contributed by atoms with Gasteiger partial charge in [0.25, 0.3) is 0 Å². The zero-order valence-corrected chi connectivity index (χ0v) is 11.0. The third-order valence-corrected chi connectivity index (χ3v) is 3.66. The molecule has 0 radical (unpaired) electrons. The fourth-order valence-electron chi connectivity index (χ4n) is 1.78. The first-order valence-electron chi connectivity index (χ1n) is 6.10. The topological polar surface area (TPSA) is 34.1 Å². The normalized spacial score (nSPS) is 11.3. The lowest BCUT2D eigenvalue weighted by atomic mass is 9.77. The fraction of sp³-hybridized carbons (Fsp3) is 0.467. The number of ketones is 2. The lowest BCUT2D eigenvalue weighted by Crippen LogP contribution is -2.26. The predicted molar refractivity (Wildman–Crippen MR) is 69.5 cm³/mol. The number of rotatable bonds is 5. The number of benzene rings is 1. The van der Waals surface area contributed by atoms with Gasteiger partial charge in [-0.3, -0.25) is 9.59 Å². The van der Waals surface area contributed by atoms with Gasteiger partial charge in [-0.05, 0) is 19.8 Å². The van der Waals surface area contributed by atoms with Crippen molar-refractivity contribution in [3.63, 3.8) is 0 Å². The van der Waals surface area contributed by atoms with Crippen LogP contribution in [0.5, 0.6) is 0 Å². The van der Waals surface area contributed by atoms with Crippen molar-refractivity contribution in [3.8, 4) is 0 Å². The lowest BCUT2D eigenvalue weighted by Gasteiger charge is -2.24. The Hall–Kier alpha value is -1.44. The van der Waals surface area contributed by atoms with E-state index in [2.05, 4.69) is 0 Å². The van der Waals surface area contributed by atoms with Crippen LogP contribution in [0.1, 0.15) is 61.3 Å². The number of Topliss-reactive ketones (excluding diaryl/α,β-unsaturated/α-hetero) is 2. The lowest BCUT2D eigenvalue weighted by molar-refractivity contribution is 0.0802. The van der Waals surface area contributed by atoms with Crippen molar-refractivity contribution in [2.45, 2.75) is 40.5 Å². The summed E-state index contributed by atoms with van der Waals surface area (Å²) in [6.45, 7) is 7.59. The average molecular weight is 232 g/mol. The Bertz CT molecular complexity index is 411. The van der Waals surface area contributed by atoms with Crippen molar-refractivity contribution in [1.82, 2.24) is 0 Å². The molecule has 92 valence electrons. The summed E-state index contributed by atoms with van der Waals surface area (Å²) in [7, 11) is 0. The highest BCUT2D eigenvalue weighted by molar-refractivity contribution is 6.01. The summed E-state index contributed by atoms with van der Waals surface area (Å²) >= 11 is 0. The molecule has 0 fully saturated rings. The van der Waals surface area contributed by atoms with Gasteiger partial charge in [-0.1, -0.05) is 45.0 Å². The second-order valence-corrected chi connectivity index (χ2v) is 4.73. The van der Waals surface area contributed by atoms with Crippen LogP contribution in [0.25, 0.3) is 0 Å². The fourth-order valence-corrected chi connectivity index (χ4v) is 1.78. The van der Waals surface area contributed by atoms with Crippen LogP contribution in [-0.2, 0) is 0 Å². The number of hydrogen-bond donors (Lipinski definition) is 0. The molecule has 0 heterocycles. The van der Waals surface area contributed by atoms with Gasteiger partial charge in [0.2, 0.25) is 0 Å². The van der Waals surface area contributed by atoms with Crippen LogP contribution in [-0.4, -0.2) is 11.6 Å². The molecule has 0 aliphatic heterocycles. The minimum absolute atomic E-state index is 0.0257. The largest absolute Gasteiger partial charge is 0.295 e. The van der Waals surface area contributed by atoms with Crippen LogP contribution in [0.15, 0.2) is 24.3 Å². The van der Waals surface area contributed by atoms with Gasteiger partial charge in [0.1, 0.15) is 0 Å². The minimum atomic E-state index is -0.294. The van der Waals surface area contributed by atoms with Gasteiger partial charge < -0.3 is 0 Å². The maximum absolute atomic E-state index is 12.3. The van der Waals surface area contributed by atoms with Crippen molar-refractivity contribution in [2.75, 3.05) is 0 Å². The third-order valence-electron chi connectivity index (χ3n) is 3.66. The van der Waals surface area contributed by atoms with Crippen molar-refractivity contribution in [2.24, 2.45) is 5.41 Å². The standard InChI is InChI=1S/C15H20O2/c1-5-15(4,6-2)14(17)13-9-7-12(8-10-13)11(3)16/h7-10H,5-6H2,1-4H3. The molecule has 1 rings (SSSR count). The van der Waals surface area contributed by atoms with Crippen LogP contribution in [0.3, 0.4) is 0 Å². The molecule has 0 aromatic heterocycles. The molecule has 1 aromatic rings. The van der Waals surface area contributed by atoms with E-state index in [1.807, 2.05) is 20.8 Å². The highest BCUT2D eigenvalue weighted by Gasteiger charge is 2.29. The van der Waals surface area contributed by atoms with Crippen LogP contribution in [0, 0.1) is 5.41 Å². The SMILES string of the molecule is CCC(C)(CC)C(=O)c1ccc(C(C)=O)cc1. The Balaban J connectivity index is 3.01. The van der Waals surface area contributed by atoms with Gasteiger partial charge in [-0.25, -0.2) is 0 Å². The molecule has 0 aliphatic rings. The molecule has 0 amide bonds. The Kier molecular flexibility index (Phi) is 4.22. The Morgan fingerprint density at radius 1 is 1.00 bits per heavy atom. The van der Waals surface area contributed by atoms with E-state index in [-0.39, 0.29) is 17.0 Å². The highest BCUT2D eigenvalue weighted by atomic mass is 16.1. The summed E-state index contributed by atoms with van der Waals surface area (Å²) in [6.07, 6.45) is 1.66. The van der Waals surface area contributed by atoms with E-state index in [0.29, 0.717) is 11.1 Å². The monoisotopic (exact) mass is 232 g/mol. The summed E-state index contributed by atoms with van der Waals surface area (Å²) in [4.78, 5) is 23.5. The average Bonchev–Trinajstić information content (AvgIpc) is 2.37. The molecule has 0 unspecified atom stereocenters. The summed E-state index contributed by atoms with van der Waals surface area (Å²) < 4.78 is 0. The molecule has 0 bridgehead atoms. The molecule has 1 aromatic carbocycles. The molecule has 0 aliphatic carbocycles. The summed E-state index contributed by atoms with van der Waals surface area (Å²) in [5.74, 6) is 0.190. The number of carbonyl (C=O) groups excluding carboxylic acids is 2. The molecular weight excluding hydrogens is 212 g/mol. The predicted octanol–water partition coefficient (Wildman–Crippen LogP) is 3.90. The molecule has 2 heteroatoms. The molecule has 0 saturated heterocycles. The van der Waals surface area contributed by atoms with Crippen LogP contribution in [0.2, 0.25) is 0 Å². The summed E-state index contributed by atoms with van der Waals surface area (Å²) in [5.41, 5.74) is 1.05. The smallest absolute Gasteiger partial charge is 0.168 e. The third kappa shape index (κ3) is 2.82. The van der Waals surface area contributed by atoms with Gasteiger partial charge in [-0.15, -0.1) is 0 Å². The zero-order chi connectivity index (χ0) is 13.1. The van der Waals surface area contributed by atoms with Crippen molar-refractivity contribution in [3.05, 3.63) is 35.4 Å². The minimum Gasteiger partial charge on any atom is -0.295 e. The molecule has 2 nitrogen and oxygen atoms in total. The quantitative estimate of drug-likeness (QED) is 0.721. The van der Waals surface area contributed by atoms with E-state index < -0.39 is 0 Å². The Labute approximate surface area is 103 Å². The molecule has 0 spiro atoms. The molecule has 0 saturated carbocycles. The van der Waals surface area contributed by atoms with Gasteiger partial charge in [0, 0.05) is 16.5 Å². The number of carbonyl (C=O) groups is 2. The molecule has 0 N–H and O–H groups in total. The Morgan fingerprint density at radius 3 is 1.76 bits per heavy atom. The summed E-state index contributed by atoms with van der Waals surface area (Å²) in [6, 6.07) is 6.95. The van der Waals surface area contributed by atoms with E-state index in [0.717, 1.165) is 12.8 Å². The van der Waals surface area contributed by atoms with Crippen LogP contribution in [0.4, 0.5) is 0 Å². The molecular formula is C15H20O2. The van der Waals surface area contributed by atoms with Crippen LogP contribution < -0.4 is 0 Å².